The zero-order valence-corrected chi connectivity index (χ0v) is 22.0. The lowest BCUT2D eigenvalue weighted by atomic mass is 9.96. The second-order valence-corrected chi connectivity index (χ2v) is 8.79. The molecular formula is C28H42FN3O2. The first-order valence-electron chi connectivity index (χ1n) is 12.8. The predicted molar refractivity (Wildman–Crippen MR) is 138 cm³/mol. The minimum absolute atomic E-state index is 0.00719. The van der Waals surface area contributed by atoms with Gasteiger partial charge in [-0.3, -0.25) is 15.1 Å². The topological polar surface area (TPSA) is 54.5 Å². The van der Waals surface area contributed by atoms with E-state index >= 15 is 0 Å². The monoisotopic (exact) mass is 471 g/mol. The van der Waals surface area contributed by atoms with E-state index < -0.39 is 5.54 Å². The molecule has 2 fully saturated rings. The highest BCUT2D eigenvalue weighted by molar-refractivity contribution is 5.88. The highest BCUT2D eigenvalue weighted by atomic mass is 19.1. The van der Waals surface area contributed by atoms with E-state index in [2.05, 4.69) is 24.1 Å². The van der Waals surface area contributed by atoms with Gasteiger partial charge in [-0.2, -0.15) is 0 Å². The van der Waals surface area contributed by atoms with Crippen molar-refractivity contribution in [1.29, 1.82) is 0 Å². The summed E-state index contributed by atoms with van der Waals surface area (Å²) in [5.74, 6) is 0.522. The van der Waals surface area contributed by atoms with E-state index in [4.69, 9.17) is 4.74 Å². The largest absolute Gasteiger partial charge is 0.494 e. The molecular weight excluding hydrogens is 429 g/mol. The SMILES string of the molecule is CC.CCCC.CCOc1ccc(F)c(-c2cc(C)nc(C3CC[C@]4(CCN(C)C4=O)N3)c2)c1. The van der Waals surface area contributed by atoms with E-state index in [1.165, 1.54) is 18.9 Å². The molecule has 2 atom stereocenters. The van der Waals surface area contributed by atoms with Crippen LogP contribution in [0.25, 0.3) is 11.1 Å². The minimum atomic E-state index is -0.467. The van der Waals surface area contributed by atoms with Crippen molar-refractivity contribution in [3.8, 4) is 16.9 Å². The number of benzene rings is 1. The van der Waals surface area contributed by atoms with E-state index in [9.17, 15) is 9.18 Å². The zero-order chi connectivity index (χ0) is 25.3. The number of likely N-dealkylation sites (tertiary alicyclic amines) is 1. The molecule has 1 N–H and O–H groups in total. The lowest BCUT2D eigenvalue weighted by Crippen LogP contribution is -2.47. The first-order chi connectivity index (χ1) is 16.3. The summed E-state index contributed by atoms with van der Waals surface area (Å²) in [6.45, 7) is 13.5. The van der Waals surface area contributed by atoms with Crippen LogP contribution < -0.4 is 10.1 Å². The Hall–Kier alpha value is -2.47. The molecule has 1 amide bonds. The van der Waals surface area contributed by atoms with Crippen molar-refractivity contribution in [1.82, 2.24) is 15.2 Å². The maximum absolute atomic E-state index is 14.5. The first kappa shape index (κ1) is 27.8. The number of halogens is 1. The Morgan fingerprint density at radius 1 is 1.15 bits per heavy atom. The summed E-state index contributed by atoms with van der Waals surface area (Å²) in [5, 5.41) is 3.54. The third kappa shape index (κ3) is 6.35. The Bertz CT molecular complexity index is 947. The fourth-order valence-electron chi connectivity index (χ4n) is 4.40. The molecule has 0 saturated carbocycles. The van der Waals surface area contributed by atoms with Crippen molar-refractivity contribution in [2.45, 2.75) is 85.2 Å². The van der Waals surface area contributed by atoms with Crippen LogP contribution in [0.1, 0.15) is 84.2 Å². The molecule has 2 aliphatic rings. The Kier molecular flexibility index (Phi) is 10.5. The molecule has 0 aliphatic carbocycles. The Morgan fingerprint density at radius 3 is 2.44 bits per heavy atom. The molecule has 34 heavy (non-hydrogen) atoms. The normalized spacial score (nSPS) is 21.1. The van der Waals surface area contributed by atoms with Crippen LogP contribution >= 0.6 is 0 Å². The number of ether oxygens (including phenoxy) is 1. The van der Waals surface area contributed by atoms with Gasteiger partial charge in [0.25, 0.3) is 0 Å². The first-order valence-corrected chi connectivity index (χ1v) is 12.8. The van der Waals surface area contributed by atoms with Gasteiger partial charge in [-0.15, -0.1) is 0 Å². The van der Waals surface area contributed by atoms with Crippen LogP contribution in [0.4, 0.5) is 4.39 Å². The lowest BCUT2D eigenvalue weighted by Gasteiger charge is -2.23. The Morgan fingerprint density at radius 2 is 1.85 bits per heavy atom. The minimum Gasteiger partial charge on any atom is -0.494 e. The van der Waals surface area contributed by atoms with Gasteiger partial charge in [0.1, 0.15) is 17.1 Å². The zero-order valence-electron chi connectivity index (χ0n) is 22.0. The summed E-state index contributed by atoms with van der Waals surface area (Å²) in [4.78, 5) is 19.1. The lowest BCUT2D eigenvalue weighted by molar-refractivity contribution is -0.131. The van der Waals surface area contributed by atoms with Crippen molar-refractivity contribution >= 4 is 5.91 Å². The molecule has 1 unspecified atom stereocenters. The third-order valence-corrected chi connectivity index (χ3v) is 6.33. The van der Waals surface area contributed by atoms with Gasteiger partial charge >= 0.3 is 0 Å². The second kappa shape index (κ2) is 12.8. The van der Waals surface area contributed by atoms with Crippen LogP contribution in [0.2, 0.25) is 0 Å². The molecule has 5 nitrogen and oxygen atoms in total. The highest BCUT2D eigenvalue weighted by Gasteiger charge is 2.50. The number of likely N-dealkylation sites (N-methyl/N-ethyl adjacent to an activating group) is 1. The van der Waals surface area contributed by atoms with Crippen molar-refractivity contribution in [3.63, 3.8) is 0 Å². The van der Waals surface area contributed by atoms with Gasteiger partial charge in [-0.25, -0.2) is 4.39 Å². The summed E-state index contributed by atoms with van der Waals surface area (Å²) < 4.78 is 20.1. The average molecular weight is 472 g/mol. The fraction of sp³-hybridized carbons (Fsp3) is 0.571. The van der Waals surface area contributed by atoms with Crippen molar-refractivity contribution in [2.24, 2.45) is 0 Å². The smallest absolute Gasteiger partial charge is 0.242 e. The second-order valence-electron chi connectivity index (χ2n) is 8.79. The van der Waals surface area contributed by atoms with Gasteiger partial charge in [0.05, 0.1) is 18.3 Å². The summed E-state index contributed by atoms with van der Waals surface area (Å²) in [7, 11) is 1.85. The maximum Gasteiger partial charge on any atom is 0.242 e. The molecule has 0 bridgehead atoms. The third-order valence-electron chi connectivity index (χ3n) is 6.33. The van der Waals surface area contributed by atoms with E-state index in [-0.39, 0.29) is 17.8 Å². The molecule has 1 aromatic heterocycles. The highest BCUT2D eigenvalue weighted by Crippen LogP contribution is 2.39. The van der Waals surface area contributed by atoms with E-state index in [0.29, 0.717) is 17.9 Å². The molecule has 6 heteroatoms. The molecule has 1 spiro atoms. The number of aryl methyl sites for hydroxylation is 1. The number of hydrogen-bond donors (Lipinski definition) is 1. The number of hydrogen-bond acceptors (Lipinski definition) is 4. The van der Waals surface area contributed by atoms with Crippen LogP contribution in [-0.4, -0.2) is 41.5 Å². The summed E-state index contributed by atoms with van der Waals surface area (Å²) in [5.41, 5.74) is 2.49. The number of rotatable bonds is 5. The van der Waals surface area contributed by atoms with Crippen LogP contribution in [-0.2, 0) is 4.79 Å². The Labute approximate surface area is 205 Å². The number of nitrogens with zero attached hydrogens (tertiary/aromatic N) is 2. The molecule has 4 rings (SSSR count). The van der Waals surface area contributed by atoms with Crippen LogP contribution in [0, 0.1) is 12.7 Å². The molecule has 2 aromatic rings. The van der Waals surface area contributed by atoms with Crippen molar-refractivity contribution in [2.75, 3.05) is 20.2 Å². The number of unbranched alkanes of at least 4 members (excludes halogenated alkanes) is 1. The summed E-state index contributed by atoms with van der Waals surface area (Å²) in [6.07, 6.45) is 5.11. The van der Waals surface area contributed by atoms with Crippen LogP contribution in [0.15, 0.2) is 30.3 Å². The number of carbonyl (C=O) groups is 1. The van der Waals surface area contributed by atoms with Gasteiger partial charge < -0.3 is 9.64 Å². The fourth-order valence-corrected chi connectivity index (χ4v) is 4.40. The van der Waals surface area contributed by atoms with Gasteiger partial charge in [-0.1, -0.05) is 40.5 Å². The molecule has 188 valence electrons. The molecule has 3 heterocycles. The summed E-state index contributed by atoms with van der Waals surface area (Å²) >= 11 is 0. The van der Waals surface area contributed by atoms with Crippen LogP contribution in [0.3, 0.4) is 0 Å². The molecule has 1 aromatic carbocycles. The van der Waals surface area contributed by atoms with E-state index in [1.807, 2.05) is 46.9 Å². The quantitative estimate of drug-likeness (QED) is 0.544. The van der Waals surface area contributed by atoms with Crippen molar-refractivity contribution < 1.29 is 13.9 Å². The van der Waals surface area contributed by atoms with Crippen molar-refractivity contribution in [3.05, 3.63) is 47.5 Å². The van der Waals surface area contributed by atoms with E-state index in [0.717, 1.165) is 42.8 Å². The average Bonchev–Trinajstić information content (AvgIpc) is 3.41. The Balaban J connectivity index is 0.000000618. The number of pyridine rings is 1. The van der Waals surface area contributed by atoms with Gasteiger partial charge in [0.15, 0.2) is 0 Å². The van der Waals surface area contributed by atoms with Gasteiger partial charge in [0.2, 0.25) is 5.91 Å². The predicted octanol–water partition coefficient (Wildman–Crippen LogP) is 6.45. The molecule has 0 radical (unpaired) electrons. The number of aromatic nitrogens is 1. The summed E-state index contributed by atoms with van der Waals surface area (Å²) in [6, 6.07) is 8.62. The maximum atomic E-state index is 14.5. The molecule has 2 aliphatic heterocycles. The van der Waals surface area contributed by atoms with Gasteiger partial charge in [-0.05, 0) is 69.0 Å². The number of amides is 1. The van der Waals surface area contributed by atoms with Gasteiger partial charge in [0, 0.05) is 24.8 Å². The number of nitrogens with one attached hydrogen (secondary N) is 1. The van der Waals surface area contributed by atoms with Crippen LogP contribution in [0.5, 0.6) is 5.75 Å². The van der Waals surface area contributed by atoms with E-state index in [1.54, 1.807) is 17.0 Å². The molecule has 2 saturated heterocycles. The standard InChI is InChI=1S/C22H26FN3O2.C4H10.C2H6/c1-4-28-16-5-6-18(23)17(13-16)15-11-14(2)24-20(12-15)19-7-8-22(25-19)9-10-26(3)21(22)27;1-3-4-2;1-2/h5-6,11-13,19,25H,4,7-10H2,1-3H3;3-4H2,1-2H3;1-2H3/t19?,22-;;/m1../s1. The number of carbonyl (C=O) groups excluding carboxylic acids is 1.